The molecule has 7 heteroatoms. The Labute approximate surface area is 153 Å². The summed E-state index contributed by atoms with van der Waals surface area (Å²) in [6, 6.07) is 1.79. The molecule has 7 nitrogen and oxygen atoms in total. The number of carbonyl (C=O) groups is 1. The smallest absolute Gasteiger partial charge is 0.293 e. The van der Waals surface area contributed by atoms with E-state index in [1.807, 2.05) is 18.0 Å². The second-order valence-corrected chi connectivity index (χ2v) is 7.19. The predicted molar refractivity (Wildman–Crippen MR) is 96.9 cm³/mol. The van der Waals surface area contributed by atoms with Gasteiger partial charge in [0, 0.05) is 25.6 Å². The molecule has 1 amide bonds. The number of hydrogen-bond donors (Lipinski definition) is 1. The zero-order chi connectivity index (χ0) is 17.9. The first-order valence-corrected chi connectivity index (χ1v) is 9.53. The summed E-state index contributed by atoms with van der Waals surface area (Å²) in [4.78, 5) is 23.6. The van der Waals surface area contributed by atoms with E-state index < -0.39 is 0 Å². The molecule has 2 aromatic heterocycles. The van der Waals surface area contributed by atoms with Gasteiger partial charge < -0.3 is 14.7 Å². The maximum atomic E-state index is 13.0. The molecule has 1 saturated carbocycles. The van der Waals surface area contributed by atoms with Gasteiger partial charge in [0.15, 0.2) is 0 Å². The number of nitrogens with one attached hydrogen (secondary N) is 1. The summed E-state index contributed by atoms with van der Waals surface area (Å²) in [5, 5.41) is 7.20. The van der Waals surface area contributed by atoms with Crippen molar-refractivity contribution in [3.05, 3.63) is 35.6 Å². The molecule has 26 heavy (non-hydrogen) atoms. The predicted octanol–water partition coefficient (Wildman–Crippen LogP) is 3.53. The fourth-order valence-electron chi connectivity index (χ4n) is 4.10. The van der Waals surface area contributed by atoms with Crippen molar-refractivity contribution in [2.24, 2.45) is 0 Å². The molecule has 0 spiro atoms. The van der Waals surface area contributed by atoms with Gasteiger partial charge in [-0.25, -0.2) is 4.98 Å². The summed E-state index contributed by atoms with van der Waals surface area (Å²) >= 11 is 0. The molecule has 0 aromatic carbocycles. The van der Waals surface area contributed by atoms with Gasteiger partial charge in [-0.15, -0.1) is 0 Å². The normalized spacial score (nSPS) is 21.1. The van der Waals surface area contributed by atoms with Crippen molar-refractivity contribution in [3.8, 4) is 0 Å². The number of hydrogen-bond acceptors (Lipinski definition) is 6. The monoisotopic (exact) mass is 355 g/mol. The highest BCUT2D eigenvalue weighted by Gasteiger charge is 2.34. The highest BCUT2D eigenvalue weighted by Crippen LogP contribution is 2.35. The van der Waals surface area contributed by atoms with Crippen LogP contribution in [-0.2, 0) is 0 Å². The molecule has 1 aliphatic heterocycles. The van der Waals surface area contributed by atoms with Gasteiger partial charge in [0.05, 0.1) is 29.8 Å². The first kappa shape index (κ1) is 17.0. The lowest BCUT2D eigenvalue weighted by Crippen LogP contribution is -2.30. The second kappa shape index (κ2) is 7.43. The fourth-order valence-corrected chi connectivity index (χ4v) is 4.10. The maximum Gasteiger partial charge on any atom is 0.293 e. The van der Waals surface area contributed by atoms with Crippen molar-refractivity contribution in [2.75, 3.05) is 18.9 Å². The summed E-state index contributed by atoms with van der Waals surface area (Å²) in [7, 11) is 1.81. The van der Waals surface area contributed by atoms with E-state index in [0.717, 1.165) is 37.1 Å². The summed E-state index contributed by atoms with van der Waals surface area (Å²) in [5.74, 6) is 1.39. The highest BCUT2D eigenvalue weighted by molar-refractivity contribution is 5.92. The summed E-state index contributed by atoms with van der Waals surface area (Å²) < 4.78 is 5.43. The molecular formula is C19H25N5O2. The minimum absolute atomic E-state index is 0.0634. The van der Waals surface area contributed by atoms with E-state index in [-0.39, 0.29) is 11.9 Å². The Morgan fingerprint density at radius 3 is 2.81 bits per heavy atom. The number of carbonyl (C=O) groups excluding carboxylic acids is 1. The van der Waals surface area contributed by atoms with Crippen LogP contribution in [0.25, 0.3) is 0 Å². The van der Waals surface area contributed by atoms with Crippen LogP contribution in [0.5, 0.6) is 0 Å². The average Bonchev–Trinajstić information content (AvgIpc) is 3.38. The van der Waals surface area contributed by atoms with Crippen LogP contribution in [0, 0.1) is 0 Å². The molecule has 1 unspecified atom stereocenters. The molecular weight excluding hydrogens is 330 g/mol. The number of likely N-dealkylation sites (tertiary alicyclic amines) is 1. The lowest BCUT2D eigenvalue weighted by Gasteiger charge is -2.23. The van der Waals surface area contributed by atoms with Crippen LogP contribution < -0.4 is 5.32 Å². The van der Waals surface area contributed by atoms with Crippen LogP contribution in [0.15, 0.2) is 23.0 Å². The third kappa shape index (κ3) is 3.30. The Kier molecular flexibility index (Phi) is 4.86. The zero-order valence-electron chi connectivity index (χ0n) is 15.1. The quantitative estimate of drug-likeness (QED) is 0.903. The van der Waals surface area contributed by atoms with Gasteiger partial charge in [-0.05, 0) is 25.7 Å². The van der Waals surface area contributed by atoms with Crippen LogP contribution >= 0.6 is 0 Å². The molecule has 2 aliphatic rings. The van der Waals surface area contributed by atoms with Gasteiger partial charge in [-0.1, -0.05) is 24.4 Å². The number of amides is 1. The van der Waals surface area contributed by atoms with E-state index in [4.69, 9.17) is 4.52 Å². The molecule has 1 atom stereocenters. The van der Waals surface area contributed by atoms with E-state index in [2.05, 4.69) is 20.4 Å². The molecule has 138 valence electrons. The standard InChI is InChI=1S/C19H25N5O2/c1-20-18-12-21-11-15(22-18)16-8-5-9-24(16)19(25)17-10-14(23-26-17)13-6-3-2-4-7-13/h10-13,16H,2-9H2,1H3,(H,20,22). The Morgan fingerprint density at radius 1 is 1.15 bits per heavy atom. The number of aromatic nitrogens is 3. The van der Waals surface area contributed by atoms with Crippen molar-refractivity contribution in [3.63, 3.8) is 0 Å². The van der Waals surface area contributed by atoms with Gasteiger partial charge in [0.2, 0.25) is 5.76 Å². The first-order chi connectivity index (χ1) is 12.8. The third-order valence-electron chi connectivity index (χ3n) is 5.53. The molecule has 2 fully saturated rings. The maximum absolute atomic E-state index is 13.0. The highest BCUT2D eigenvalue weighted by atomic mass is 16.5. The number of nitrogens with zero attached hydrogens (tertiary/aromatic N) is 4. The fraction of sp³-hybridized carbons (Fsp3) is 0.579. The largest absolute Gasteiger partial charge is 0.372 e. The SMILES string of the molecule is CNc1cncc(C2CCCN2C(=O)c2cc(C3CCCCC3)no2)n1. The van der Waals surface area contributed by atoms with E-state index in [1.165, 1.54) is 19.3 Å². The Balaban J connectivity index is 1.52. The third-order valence-corrected chi connectivity index (χ3v) is 5.53. The molecule has 2 aromatic rings. The molecule has 0 radical (unpaired) electrons. The molecule has 4 rings (SSSR count). The van der Waals surface area contributed by atoms with Gasteiger partial charge in [0.25, 0.3) is 5.91 Å². The van der Waals surface area contributed by atoms with Crippen molar-refractivity contribution in [1.29, 1.82) is 0 Å². The topological polar surface area (TPSA) is 84.2 Å². The van der Waals surface area contributed by atoms with Crippen molar-refractivity contribution >= 4 is 11.7 Å². The molecule has 1 aliphatic carbocycles. The van der Waals surface area contributed by atoms with Gasteiger partial charge >= 0.3 is 0 Å². The van der Waals surface area contributed by atoms with E-state index in [0.29, 0.717) is 24.0 Å². The van der Waals surface area contributed by atoms with Crippen LogP contribution in [0.4, 0.5) is 5.82 Å². The number of anilines is 1. The van der Waals surface area contributed by atoms with E-state index >= 15 is 0 Å². The zero-order valence-corrected chi connectivity index (χ0v) is 15.1. The molecule has 0 bridgehead atoms. The van der Waals surface area contributed by atoms with E-state index in [1.54, 1.807) is 12.4 Å². The van der Waals surface area contributed by atoms with Gasteiger partial charge in [0.1, 0.15) is 5.82 Å². The summed E-state index contributed by atoms with van der Waals surface area (Å²) in [5.41, 5.74) is 1.75. The van der Waals surface area contributed by atoms with Crippen LogP contribution in [-0.4, -0.2) is 39.5 Å². The molecule has 3 heterocycles. The van der Waals surface area contributed by atoms with Crippen molar-refractivity contribution in [2.45, 2.75) is 56.9 Å². The van der Waals surface area contributed by atoms with Crippen molar-refractivity contribution in [1.82, 2.24) is 20.0 Å². The average molecular weight is 355 g/mol. The minimum Gasteiger partial charge on any atom is -0.372 e. The summed E-state index contributed by atoms with van der Waals surface area (Å²) in [6.07, 6.45) is 11.3. The summed E-state index contributed by atoms with van der Waals surface area (Å²) in [6.45, 7) is 0.703. The van der Waals surface area contributed by atoms with E-state index in [9.17, 15) is 4.79 Å². The Bertz CT molecular complexity index is 769. The van der Waals surface area contributed by atoms with Crippen molar-refractivity contribution < 1.29 is 9.32 Å². The lowest BCUT2D eigenvalue weighted by atomic mass is 9.87. The first-order valence-electron chi connectivity index (χ1n) is 9.53. The van der Waals surface area contributed by atoms with Crippen LogP contribution in [0.3, 0.4) is 0 Å². The Hall–Kier alpha value is -2.44. The number of rotatable bonds is 4. The van der Waals surface area contributed by atoms with Gasteiger partial charge in [-0.3, -0.25) is 9.78 Å². The van der Waals surface area contributed by atoms with Crippen LogP contribution in [0.2, 0.25) is 0 Å². The van der Waals surface area contributed by atoms with Gasteiger partial charge in [-0.2, -0.15) is 0 Å². The molecule has 1 N–H and O–H groups in total. The minimum atomic E-state index is -0.0984. The second-order valence-electron chi connectivity index (χ2n) is 7.19. The van der Waals surface area contributed by atoms with Crippen LogP contribution in [0.1, 0.15) is 78.8 Å². The lowest BCUT2D eigenvalue weighted by molar-refractivity contribution is 0.0690. The Morgan fingerprint density at radius 2 is 2.00 bits per heavy atom. The molecule has 1 saturated heterocycles.